The molecular formula is C17H13F3N2O5. The monoisotopic (exact) mass is 382 g/mol. The summed E-state index contributed by atoms with van der Waals surface area (Å²) in [6, 6.07) is 7.30. The third kappa shape index (κ3) is 5.03. The lowest BCUT2D eigenvalue weighted by molar-refractivity contribution is -0.384. The minimum absolute atomic E-state index is 0.0673. The summed E-state index contributed by atoms with van der Waals surface area (Å²) in [7, 11) is 0. The normalized spacial score (nSPS) is 12.1. The van der Waals surface area contributed by atoms with Gasteiger partial charge in [-0.3, -0.25) is 19.7 Å². The third-order valence-corrected chi connectivity index (χ3v) is 3.46. The van der Waals surface area contributed by atoms with Gasteiger partial charge in [0.2, 0.25) is 0 Å². The summed E-state index contributed by atoms with van der Waals surface area (Å²) in [4.78, 5) is 33.2. The number of amides is 1. The molecule has 2 aromatic carbocycles. The van der Waals surface area contributed by atoms with Crippen LogP contribution in [0, 0.1) is 10.1 Å². The highest BCUT2D eigenvalue weighted by molar-refractivity contribution is 5.94. The van der Waals surface area contributed by atoms with Gasteiger partial charge >= 0.3 is 6.18 Å². The third-order valence-electron chi connectivity index (χ3n) is 3.46. The van der Waals surface area contributed by atoms with Crippen molar-refractivity contribution in [3.05, 3.63) is 63.7 Å². The van der Waals surface area contributed by atoms with Crippen LogP contribution in [0.25, 0.3) is 0 Å². The fourth-order valence-electron chi connectivity index (χ4n) is 2.11. The maximum absolute atomic E-state index is 12.7. The summed E-state index contributed by atoms with van der Waals surface area (Å²) < 4.78 is 43.4. The molecule has 0 aliphatic carbocycles. The number of alkyl halides is 3. The Hall–Kier alpha value is -3.43. The number of hydrogen-bond donors (Lipinski definition) is 1. The van der Waals surface area contributed by atoms with E-state index < -0.39 is 28.7 Å². The van der Waals surface area contributed by atoms with Crippen molar-refractivity contribution in [1.82, 2.24) is 0 Å². The molecule has 1 amide bonds. The molecule has 0 aromatic heterocycles. The van der Waals surface area contributed by atoms with Crippen molar-refractivity contribution in [3.8, 4) is 5.75 Å². The molecule has 0 unspecified atom stereocenters. The zero-order valence-corrected chi connectivity index (χ0v) is 13.8. The molecule has 0 radical (unpaired) electrons. The first-order chi connectivity index (χ1) is 12.6. The van der Waals surface area contributed by atoms with Crippen LogP contribution >= 0.6 is 0 Å². The summed E-state index contributed by atoms with van der Waals surface area (Å²) in [5, 5.41) is 13.0. The average Bonchev–Trinajstić information content (AvgIpc) is 2.61. The Labute approximate surface area is 150 Å². The number of anilines is 1. The Morgan fingerprint density at radius 2 is 1.96 bits per heavy atom. The lowest BCUT2D eigenvalue weighted by Crippen LogP contribution is -2.30. The SMILES string of the molecule is C[C@@H](Oc1ccc([N+](=O)[O-])cc1C=O)C(=O)Nc1cccc(C(F)(F)F)c1. The van der Waals surface area contributed by atoms with E-state index >= 15 is 0 Å². The molecule has 0 spiro atoms. The van der Waals surface area contributed by atoms with E-state index in [-0.39, 0.29) is 22.7 Å². The lowest BCUT2D eigenvalue weighted by Gasteiger charge is -2.16. The van der Waals surface area contributed by atoms with Gasteiger partial charge in [0.15, 0.2) is 12.4 Å². The number of non-ortho nitro benzene ring substituents is 1. The Morgan fingerprint density at radius 3 is 2.56 bits per heavy atom. The maximum atomic E-state index is 12.7. The molecule has 10 heteroatoms. The van der Waals surface area contributed by atoms with Crippen LogP contribution in [-0.4, -0.2) is 23.2 Å². The highest BCUT2D eigenvalue weighted by Crippen LogP contribution is 2.30. The number of rotatable bonds is 6. The Balaban J connectivity index is 2.12. The predicted octanol–water partition coefficient (Wildman–Crippen LogP) is 3.83. The number of carbonyl (C=O) groups is 2. The Bertz CT molecular complexity index is 883. The second-order valence-electron chi connectivity index (χ2n) is 5.42. The Kier molecular flexibility index (Phi) is 5.78. The van der Waals surface area contributed by atoms with E-state index in [0.29, 0.717) is 6.29 Å². The largest absolute Gasteiger partial charge is 0.480 e. The highest BCUT2D eigenvalue weighted by Gasteiger charge is 2.30. The molecule has 1 N–H and O–H groups in total. The molecule has 0 bridgehead atoms. The van der Waals surface area contributed by atoms with Crippen molar-refractivity contribution in [3.63, 3.8) is 0 Å². The van der Waals surface area contributed by atoms with Crippen molar-refractivity contribution in [2.45, 2.75) is 19.2 Å². The molecule has 2 rings (SSSR count). The van der Waals surface area contributed by atoms with Crippen molar-refractivity contribution in [2.75, 3.05) is 5.32 Å². The van der Waals surface area contributed by atoms with E-state index in [0.717, 1.165) is 36.4 Å². The Morgan fingerprint density at radius 1 is 1.26 bits per heavy atom. The number of benzene rings is 2. The maximum Gasteiger partial charge on any atom is 0.416 e. The molecule has 7 nitrogen and oxygen atoms in total. The summed E-state index contributed by atoms with van der Waals surface area (Å²) >= 11 is 0. The van der Waals surface area contributed by atoms with Crippen LogP contribution in [0.2, 0.25) is 0 Å². The fourth-order valence-corrected chi connectivity index (χ4v) is 2.11. The van der Waals surface area contributed by atoms with Crippen molar-refractivity contribution in [1.29, 1.82) is 0 Å². The first-order valence-corrected chi connectivity index (χ1v) is 7.50. The predicted molar refractivity (Wildman–Crippen MR) is 88.6 cm³/mol. The van der Waals surface area contributed by atoms with Gasteiger partial charge in [-0.05, 0) is 31.2 Å². The van der Waals surface area contributed by atoms with E-state index in [9.17, 15) is 32.9 Å². The van der Waals surface area contributed by atoms with Gasteiger partial charge in [0.25, 0.3) is 11.6 Å². The van der Waals surface area contributed by atoms with Crippen molar-refractivity contribution < 1.29 is 32.4 Å². The van der Waals surface area contributed by atoms with Gasteiger partial charge in [-0.15, -0.1) is 0 Å². The van der Waals surface area contributed by atoms with Gasteiger partial charge in [0, 0.05) is 17.8 Å². The molecule has 0 saturated heterocycles. The van der Waals surface area contributed by atoms with Crippen LogP contribution < -0.4 is 10.1 Å². The van der Waals surface area contributed by atoms with Gasteiger partial charge in [0.1, 0.15) is 5.75 Å². The van der Waals surface area contributed by atoms with E-state index in [1.807, 2.05) is 0 Å². The zero-order chi connectivity index (χ0) is 20.2. The van der Waals surface area contributed by atoms with Crippen LogP contribution in [0.1, 0.15) is 22.8 Å². The molecule has 0 aliphatic rings. The van der Waals surface area contributed by atoms with Crippen LogP contribution in [0.15, 0.2) is 42.5 Å². The second kappa shape index (κ2) is 7.85. The number of halogens is 3. The van der Waals surface area contributed by atoms with Gasteiger partial charge in [-0.1, -0.05) is 6.07 Å². The quantitative estimate of drug-likeness (QED) is 0.465. The molecule has 2 aromatic rings. The molecule has 1 atom stereocenters. The zero-order valence-electron chi connectivity index (χ0n) is 13.8. The number of nitro groups is 1. The smallest absolute Gasteiger partial charge is 0.416 e. The van der Waals surface area contributed by atoms with Gasteiger partial charge in [-0.2, -0.15) is 13.2 Å². The number of hydrogen-bond acceptors (Lipinski definition) is 5. The molecule has 142 valence electrons. The van der Waals surface area contributed by atoms with Crippen LogP contribution in [-0.2, 0) is 11.0 Å². The minimum Gasteiger partial charge on any atom is -0.480 e. The summed E-state index contributed by atoms with van der Waals surface area (Å²) in [5.74, 6) is -0.827. The fraction of sp³-hybridized carbons (Fsp3) is 0.176. The summed E-state index contributed by atoms with van der Waals surface area (Å²) in [5.41, 5.74) is -1.47. The number of nitrogens with zero attached hydrogens (tertiary/aromatic N) is 1. The first-order valence-electron chi connectivity index (χ1n) is 7.50. The topological polar surface area (TPSA) is 98.5 Å². The van der Waals surface area contributed by atoms with Crippen LogP contribution in [0.3, 0.4) is 0 Å². The standard InChI is InChI=1S/C17H13F3N2O5/c1-10(27-15-6-5-14(22(25)26)7-11(15)9-23)16(24)21-13-4-2-3-12(8-13)17(18,19)20/h2-10H,1H3,(H,21,24)/t10-/m1/s1. The minimum atomic E-state index is -4.56. The molecule has 0 fully saturated rings. The highest BCUT2D eigenvalue weighted by atomic mass is 19.4. The van der Waals surface area contributed by atoms with Crippen LogP contribution in [0.4, 0.5) is 24.5 Å². The van der Waals surface area contributed by atoms with Crippen molar-refractivity contribution >= 4 is 23.6 Å². The van der Waals surface area contributed by atoms with Crippen molar-refractivity contribution in [2.24, 2.45) is 0 Å². The molecule has 0 saturated carbocycles. The number of ether oxygens (including phenoxy) is 1. The molecular weight excluding hydrogens is 369 g/mol. The number of aldehydes is 1. The van der Waals surface area contributed by atoms with Gasteiger partial charge in [0.05, 0.1) is 16.1 Å². The van der Waals surface area contributed by atoms with E-state index in [4.69, 9.17) is 4.74 Å². The number of nitro benzene ring substituents is 1. The molecule has 0 aliphatic heterocycles. The van der Waals surface area contributed by atoms with Gasteiger partial charge in [-0.25, -0.2) is 0 Å². The molecule has 0 heterocycles. The lowest BCUT2D eigenvalue weighted by atomic mass is 10.2. The average molecular weight is 382 g/mol. The van der Waals surface area contributed by atoms with E-state index in [1.165, 1.54) is 13.0 Å². The second-order valence-corrected chi connectivity index (χ2v) is 5.42. The molecule has 27 heavy (non-hydrogen) atoms. The summed E-state index contributed by atoms with van der Waals surface area (Å²) in [6.07, 6.45) is -5.40. The van der Waals surface area contributed by atoms with E-state index in [1.54, 1.807) is 0 Å². The summed E-state index contributed by atoms with van der Waals surface area (Å²) in [6.45, 7) is 1.32. The first kappa shape index (κ1) is 19.9. The van der Waals surface area contributed by atoms with Crippen LogP contribution in [0.5, 0.6) is 5.75 Å². The number of nitrogens with one attached hydrogen (secondary N) is 1. The van der Waals surface area contributed by atoms with Gasteiger partial charge < -0.3 is 10.1 Å². The van der Waals surface area contributed by atoms with E-state index in [2.05, 4.69) is 5.32 Å². The number of carbonyl (C=O) groups excluding carboxylic acids is 2.